The molecule has 0 spiro atoms. The number of hydrogen-bond donors (Lipinski definition) is 2. The number of aromatic nitrogens is 3. The Labute approximate surface area is 132 Å². The summed E-state index contributed by atoms with van der Waals surface area (Å²) in [6.45, 7) is 5.97. The van der Waals surface area contributed by atoms with Crippen molar-refractivity contribution in [3.05, 3.63) is 12.7 Å². The molecule has 0 aromatic carbocycles. The number of sulfonamides is 1. The van der Waals surface area contributed by atoms with E-state index in [-0.39, 0.29) is 6.04 Å². The lowest BCUT2D eigenvalue weighted by atomic mass is 9.86. The van der Waals surface area contributed by atoms with E-state index < -0.39 is 14.8 Å². The van der Waals surface area contributed by atoms with Crippen LogP contribution in [0.15, 0.2) is 12.7 Å². The summed E-state index contributed by atoms with van der Waals surface area (Å²) in [5.41, 5.74) is 0. The van der Waals surface area contributed by atoms with Gasteiger partial charge in [-0.25, -0.2) is 28.1 Å². The molecule has 2 N–H and O–H groups in total. The maximum atomic E-state index is 12.2. The molecule has 22 heavy (non-hydrogen) atoms. The summed E-state index contributed by atoms with van der Waals surface area (Å²) < 4.78 is 26.4. The SMILES string of the molecule is CC(C)(C)S(=O)(=O)N[C@H]1CC[C@H](CNc2ncncn2)CC1. The first-order chi connectivity index (χ1) is 10.3. The molecular formula is C14H25N5O2S. The van der Waals surface area contributed by atoms with Gasteiger partial charge in [0.2, 0.25) is 16.0 Å². The van der Waals surface area contributed by atoms with Crippen molar-refractivity contribution in [2.75, 3.05) is 11.9 Å². The molecule has 0 bridgehead atoms. The average Bonchev–Trinajstić information content (AvgIpc) is 2.46. The summed E-state index contributed by atoms with van der Waals surface area (Å²) in [5, 5.41) is 3.20. The number of nitrogens with zero attached hydrogens (tertiary/aromatic N) is 3. The van der Waals surface area contributed by atoms with Gasteiger partial charge in [0.05, 0.1) is 4.75 Å². The second-order valence-corrected chi connectivity index (χ2v) is 9.26. The molecule has 1 aromatic heterocycles. The predicted octanol–water partition coefficient (Wildman–Crippen LogP) is 1.56. The molecule has 1 saturated carbocycles. The fraction of sp³-hybridized carbons (Fsp3) is 0.786. The lowest BCUT2D eigenvalue weighted by molar-refractivity contribution is 0.322. The molecule has 2 rings (SSSR count). The Balaban J connectivity index is 1.76. The van der Waals surface area contributed by atoms with Crippen LogP contribution in [-0.2, 0) is 10.0 Å². The van der Waals surface area contributed by atoms with Crippen molar-refractivity contribution in [1.82, 2.24) is 19.7 Å². The van der Waals surface area contributed by atoms with E-state index in [4.69, 9.17) is 0 Å². The Hall–Kier alpha value is -1.28. The van der Waals surface area contributed by atoms with Crippen LogP contribution in [0.3, 0.4) is 0 Å². The van der Waals surface area contributed by atoms with Crippen LogP contribution in [0, 0.1) is 5.92 Å². The normalized spacial score (nSPS) is 23.2. The lowest BCUT2D eigenvalue weighted by Crippen LogP contribution is -2.46. The van der Waals surface area contributed by atoms with Crippen LogP contribution in [0.2, 0.25) is 0 Å². The van der Waals surface area contributed by atoms with Crippen molar-refractivity contribution >= 4 is 16.0 Å². The van der Waals surface area contributed by atoms with Crippen molar-refractivity contribution in [3.8, 4) is 0 Å². The highest BCUT2D eigenvalue weighted by Gasteiger charge is 2.32. The first-order valence-electron chi connectivity index (χ1n) is 7.66. The van der Waals surface area contributed by atoms with E-state index in [2.05, 4.69) is 25.0 Å². The largest absolute Gasteiger partial charge is 0.354 e. The number of hydrogen-bond acceptors (Lipinski definition) is 6. The maximum absolute atomic E-state index is 12.2. The van der Waals surface area contributed by atoms with Crippen LogP contribution in [0.4, 0.5) is 5.95 Å². The minimum atomic E-state index is -3.26. The smallest absolute Gasteiger partial charge is 0.225 e. The van der Waals surface area contributed by atoms with Gasteiger partial charge in [-0.1, -0.05) is 0 Å². The van der Waals surface area contributed by atoms with Gasteiger partial charge in [-0.2, -0.15) is 0 Å². The third-order valence-electron chi connectivity index (χ3n) is 4.02. The van der Waals surface area contributed by atoms with E-state index in [1.807, 2.05) is 0 Å². The second-order valence-electron chi connectivity index (χ2n) is 6.79. The molecule has 124 valence electrons. The summed E-state index contributed by atoms with van der Waals surface area (Å²) in [7, 11) is -3.26. The van der Waals surface area contributed by atoms with Gasteiger partial charge in [0.1, 0.15) is 12.7 Å². The molecular weight excluding hydrogens is 302 g/mol. The summed E-state index contributed by atoms with van der Waals surface area (Å²) in [5.74, 6) is 1.11. The van der Waals surface area contributed by atoms with Gasteiger partial charge >= 0.3 is 0 Å². The summed E-state index contributed by atoms with van der Waals surface area (Å²) in [6, 6.07) is 0.0534. The molecule has 0 aliphatic heterocycles. The Kier molecular flexibility index (Phi) is 5.33. The summed E-state index contributed by atoms with van der Waals surface area (Å²) in [4.78, 5) is 11.8. The fourth-order valence-corrected chi connectivity index (χ4v) is 3.47. The van der Waals surface area contributed by atoms with E-state index in [9.17, 15) is 8.42 Å². The molecule has 0 amide bonds. The van der Waals surface area contributed by atoms with Crippen molar-refractivity contribution in [2.24, 2.45) is 5.92 Å². The van der Waals surface area contributed by atoms with Gasteiger partial charge in [-0.05, 0) is 52.4 Å². The summed E-state index contributed by atoms with van der Waals surface area (Å²) >= 11 is 0. The van der Waals surface area contributed by atoms with Crippen molar-refractivity contribution in [2.45, 2.75) is 57.2 Å². The van der Waals surface area contributed by atoms with Crippen LogP contribution in [0.5, 0.6) is 0 Å². The molecule has 1 aliphatic rings. The van der Waals surface area contributed by atoms with Crippen molar-refractivity contribution in [3.63, 3.8) is 0 Å². The molecule has 0 unspecified atom stereocenters. The highest BCUT2D eigenvalue weighted by molar-refractivity contribution is 7.90. The molecule has 0 radical (unpaired) electrons. The van der Waals surface area contributed by atoms with Crippen LogP contribution in [-0.4, -0.2) is 40.7 Å². The standard InChI is InChI=1S/C14H25N5O2S/c1-14(2,3)22(20,21)19-12-6-4-11(5-7-12)8-16-13-17-9-15-10-18-13/h9-12,19H,4-8H2,1-3H3,(H,15,16,17,18)/t11-,12-. The first kappa shape index (κ1) is 17.1. The van der Waals surface area contributed by atoms with E-state index in [0.29, 0.717) is 11.9 Å². The minimum absolute atomic E-state index is 0.0534. The molecule has 7 nitrogen and oxygen atoms in total. The molecule has 0 saturated heterocycles. The molecule has 1 aliphatic carbocycles. The van der Waals surface area contributed by atoms with Crippen molar-refractivity contribution < 1.29 is 8.42 Å². The zero-order chi connectivity index (χ0) is 16.2. The number of anilines is 1. The third-order valence-corrected chi connectivity index (χ3v) is 6.27. The monoisotopic (exact) mass is 327 g/mol. The highest BCUT2D eigenvalue weighted by Crippen LogP contribution is 2.26. The second kappa shape index (κ2) is 6.87. The highest BCUT2D eigenvalue weighted by atomic mass is 32.2. The van der Waals surface area contributed by atoms with E-state index in [1.54, 1.807) is 20.8 Å². The first-order valence-corrected chi connectivity index (χ1v) is 9.14. The topological polar surface area (TPSA) is 96.9 Å². The van der Waals surface area contributed by atoms with Gasteiger partial charge in [0.25, 0.3) is 0 Å². The molecule has 0 atom stereocenters. The van der Waals surface area contributed by atoms with Crippen LogP contribution >= 0.6 is 0 Å². The van der Waals surface area contributed by atoms with Gasteiger partial charge < -0.3 is 5.32 Å². The quantitative estimate of drug-likeness (QED) is 0.852. The van der Waals surface area contributed by atoms with E-state index in [1.165, 1.54) is 12.7 Å². The molecule has 1 fully saturated rings. The van der Waals surface area contributed by atoms with Gasteiger partial charge in [0, 0.05) is 12.6 Å². The zero-order valence-electron chi connectivity index (χ0n) is 13.4. The fourth-order valence-electron chi connectivity index (χ4n) is 2.45. The third kappa shape index (κ3) is 4.61. The van der Waals surface area contributed by atoms with E-state index in [0.717, 1.165) is 32.2 Å². The summed E-state index contributed by atoms with van der Waals surface area (Å²) in [6.07, 6.45) is 6.67. The lowest BCUT2D eigenvalue weighted by Gasteiger charge is -2.31. The van der Waals surface area contributed by atoms with E-state index >= 15 is 0 Å². The molecule has 1 heterocycles. The molecule has 8 heteroatoms. The average molecular weight is 327 g/mol. The van der Waals surface area contributed by atoms with Crippen LogP contribution in [0.25, 0.3) is 0 Å². The Morgan fingerprint density at radius 1 is 1.14 bits per heavy atom. The maximum Gasteiger partial charge on any atom is 0.225 e. The van der Waals surface area contributed by atoms with Crippen LogP contribution < -0.4 is 10.0 Å². The number of nitrogens with one attached hydrogen (secondary N) is 2. The number of rotatable bonds is 5. The Bertz CT molecular complexity index is 563. The van der Waals surface area contributed by atoms with Crippen molar-refractivity contribution in [1.29, 1.82) is 0 Å². The van der Waals surface area contributed by atoms with Gasteiger partial charge in [-0.3, -0.25) is 0 Å². The minimum Gasteiger partial charge on any atom is -0.354 e. The van der Waals surface area contributed by atoms with Gasteiger partial charge in [0.15, 0.2) is 0 Å². The Morgan fingerprint density at radius 3 is 2.27 bits per heavy atom. The van der Waals surface area contributed by atoms with Gasteiger partial charge in [-0.15, -0.1) is 0 Å². The molecule has 1 aromatic rings. The Morgan fingerprint density at radius 2 is 1.73 bits per heavy atom. The zero-order valence-corrected chi connectivity index (χ0v) is 14.2. The predicted molar refractivity (Wildman–Crippen MR) is 85.9 cm³/mol. The van der Waals surface area contributed by atoms with Crippen LogP contribution in [0.1, 0.15) is 46.5 Å².